The third-order valence-electron chi connectivity index (χ3n) is 10.3. The van der Waals surface area contributed by atoms with Gasteiger partial charge in [-0.05, 0) is 117 Å². The van der Waals surface area contributed by atoms with Gasteiger partial charge < -0.3 is 25.4 Å². The lowest BCUT2D eigenvalue weighted by atomic mass is 9.47. The highest BCUT2D eigenvalue weighted by molar-refractivity contribution is 5.96. The summed E-state index contributed by atoms with van der Waals surface area (Å²) in [7, 11) is 1.72. The Morgan fingerprint density at radius 3 is 2.09 bits per heavy atom. The number of rotatable bonds is 13. The van der Waals surface area contributed by atoms with E-state index in [1.807, 2.05) is 48.5 Å². The third kappa shape index (κ3) is 6.20. The largest absolute Gasteiger partial charge is 0.489 e. The van der Waals surface area contributed by atoms with Crippen LogP contribution in [0.3, 0.4) is 0 Å². The zero-order valence-electron chi connectivity index (χ0n) is 26.4. The van der Waals surface area contributed by atoms with E-state index >= 15 is 0 Å². The first kappa shape index (κ1) is 31.5. The van der Waals surface area contributed by atoms with Crippen LogP contribution < -0.4 is 20.7 Å². The van der Waals surface area contributed by atoms with Crippen LogP contribution >= 0.6 is 0 Å². The Morgan fingerprint density at radius 2 is 1.53 bits per heavy atom. The van der Waals surface area contributed by atoms with Crippen LogP contribution in [0.4, 0.5) is 5.69 Å². The minimum atomic E-state index is -0.889. The van der Waals surface area contributed by atoms with Gasteiger partial charge in [-0.15, -0.1) is 0 Å². The number of hydrogen-bond donors (Lipinski definition) is 3. The van der Waals surface area contributed by atoms with Gasteiger partial charge in [0.2, 0.25) is 17.7 Å². The van der Waals surface area contributed by atoms with Crippen molar-refractivity contribution in [2.45, 2.75) is 89.3 Å². The molecule has 242 valence electrons. The molecule has 4 bridgehead atoms. The summed E-state index contributed by atoms with van der Waals surface area (Å²) in [5.41, 5.74) is 2.13. The normalized spacial score (nSPS) is 29.9. The van der Waals surface area contributed by atoms with Gasteiger partial charge in [0.15, 0.2) is 5.60 Å². The van der Waals surface area contributed by atoms with Gasteiger partial charge in [0.25, 0.3) is 5.79 Å². The molecule has 10 heteroatoms. The molecule has 3 amide bonds. The van der Waals surface area contributed by atoms with Crippen molar-refractivity contribution >= 4 is 23.4 Å². The second-order valence-electron chi connectivity index (χ2n) is 13.3. The van der Waals surface area contributed by atoms with Crippen molar-refractivity contribution in [3.8, 4) is 5.75 Å². The topological polar surface area (TPSA) is 124 Å². The molecule has 7 rings (SSSR count). The smallest absolute Gasteiger partial charge is 0.260 e. The Kier molecular flexibility index (Phi) is 9.17. The van der Waals surface area contributed by atoms with Crippen molar-refractivity contribution in [2.75, 3.05) is 19.0 Å². The predicted octanol–water partition coefficient (Wildman–Crippen LogP) is 4.97. The molecule has 2 unspecified atom stereocenters. The predicted molar refractivity (Wildman–Crippen MR) is 167 cm³/mol. The van der Waals surface area contributed by atoms with E-state index in [1.165, 1.54) is 46.0 Å². The molecule has 1 saturated heterocycles. The lowest BCUT2D eigenvalue weighted by molar-refractivity contribution is -0.645. The first-order valence-electron chi connectivity index (χ1n) is 16.3. The van der Waals surface area contributed by atoms with Gasteiger partial charge in [0, 0.05) is 38.8 Å². The van der Waals surface area contributed by atoms with Crippen molar-refractivity contribution in [2.24, 2.45) is 23.7 Å². The average molecular weight is 620 g/mol. The lowest BCUT2D eigenvalue weighted by Gasteiger charge is -2.68. The summed E-state index contributed by atoms with van der Waals surface area (Å²) in [6.45, 7) is 3.76. The van der Waals surface area contributed by atoms with Crippen LogP contribution in [0, 0.1) is 23.7 Å². The second kappa shape index (κ2) is 13.1. The van der Waals surface area contributed by atoms with Crippen LogP contribution in [0.2, 0.25) is 0 Å². The van der Waals surface area contributed by atoms with Crippen LogP contribution in [0.25, 0.3) is 0 Å². The maximum absolute atomic E-state index is 12.9. The van der Waals surface area contributed by atoms with Crippen LogP contribution in [-0.2, 0) is 41.3 Å². The van der Waals surface area contributed by atoms with Gasteiger partial charge in [-0.25, -0.2) is 4.89 Å². The average Bonchev–Trinajstić information content (AvgIpc) is 3.00. The quantitative estimate of drug-likeness (QED) is 0.214. The molecular weight excluding hydrogens is 574 g/mol. The summed E-state index contributed by atoms with van der Waals surface area (Å²) in [5, 5.41) is 8.35. The summed E-state index contributed by atoms with van der Waals surface area (Å²) in [4.78, 5) is 47.6. The highest BCUT2D eigenvalue weighted by atomic mass is 17.3. The monoisotopic (exact) mass is 619 g/mol. The van der Waals surface area contributed by atoms with Crippen LogP contribution in [0.1, 0.15) is 76.3 Å². The zero-order valence-corrected chi connectivity index (χ0v) is 26.4. The van der Waals surface area contributed by atoms with E-state index in [-0.39, 0.29) is 17.7 Å². The SMILES string of the molecule is COC1(c2ccc(OCc3ccc(NC(=O)C(CCCCNC(C)=O)NC(C)=O)cc3)cc2)OOC12C1CC3CC(C1)CC2C3. The van der Waals surface area contributed by atoms with Gasteiger partial charge in [-0.3, -0.25) is 14.4 Å². The maximum atomic E-state index is 12.9. The Bertz CT molecular complexity index is 1350. The molecule has 10 nitrogen and oxygen atoms in total. The number of methoxy groups -OCH3 is 1. The number of unbranched alkanes of at least 4 members (excludes halogenated alkanes) is 1. The van der Waals surface area contributed by atoms with Gasteiger partial charge >= 0.3 is 0 Å². The summed E-state index contributed by atoms with van der Waals surface area (Å²) < 4.78 is 12.2. The molecule has 0 radical (unpaired) electrons. The van der Waals surface area contributed by atoms with Crippen molar-refractivity contribution in [3.63, 3.8) is 0 Å². The summed E-state index contributed by atoms with van der Waals surface area (Å²) in [6, 6.07) is 14.8. The van der Waals surface area contributed by atoms with Gasteiger partial charge in [0.05, 0.1) is 0 Å². The molecule has 45 heavy (non-hydrogen) atoms. The van der Waals surface area contributed by atoms with Crippen molar-refractivity contribution in [1.29, 1.82) is 0 Å². The van der Waals surface area contributed by atoms with Crippen molar-refractivity contribution in [1.82, 2.24) is 10.6 Å². The molecule has 2 atom stereocenters. The number of carbonyl (C=O) groups is 3. The molecule has 0 aromatic heterocycles. The van der Waals surface area contributed by atoms with E-state index in [4.69, 9.17) is 19.2 Å². The Morgan fingerprint density at radius 1 is 0.867 bits per heavy atom. The van der Waals surface area contributed by atoms with Crippen LogP contribution in [-0.4, -0.2) is 43.0 Å². The molecule has 2 aromatic carbocycles. The van der Waals surface area contributed by atoms with E-state index < -0.39 is 17.4 Å². The fourth-order valence-corrected chi connectivity index (χ4v) is 8.46. The summed E-state index contributed by atoms with van der Waals surface area (Å²) in [6.07, 6.45) is 8.04. The molecule has 4 aliphatic carbocycles. The van der Waals surface area contributed by atoms with Gasteiger partial charge in [-0.1, -0.05) is 12.1 Å². The second-order valence-corrected chi connectivity index (χ2v) is 13.3. The standard InChI is InChI=1S/C35H45N3O7/c1-22(39)36-15-5-4-6-32(37-23(2)40)33(41)38-30-11-7-24(8-12-30)21-43-31-13-9-27(10-14-31)35(42-3)34(44-45-35)28-17-25-16-26(19-28)20-29(34)18-25/h7-14,25-26,28-29,32H,4-6,15-21H2,1-3H3,(H,36,39)(H,37,40)(H,38,41). The molecule has 2 aromatic rings. The molecule has 1 spiro atoms. The Labute approximate surface area is 264 Å². The van der Waals surface area contributed by atoms with Crippen LogP contribution in [0.5, 0.6) is 5.75 Å². The number of hydrogen-bond acceptors (Lipinski definition) is 7. The molecule has 5 fully saturated rings. The minimum Gasteiger partial charge on any atom is -0.489 e. The Balaban J connectivity index is 1.02. The number of ether oxygens (including phenoxy) is 2. The fraction of sp³-hybridized carbons (Fsp3) is 0.571. The number of amides is 3. The van der Waals surface area contributed by atoms with Gasteiger partial charge in [0.1, 0.15) is 18.4 Å². The molecule has 5 aliphatic rings. The zero-order chi connectivity index (χ0) is 31.6. The van der Waals surface area contributed by atoms with E-state index in [1.54, 1.807) is 7.11 Å². The number of anilines is 1. The Hall–Kier alpha value is -3.47. The third-order valence-corrected chi connectivity index (χ3v) is 10.3. The highest BCUT2D eigenvalue weighted by Crippen LogP contribution is 2.69. The maximum Gasteiger partial charge on any atom is 0.260 e. The number of nitrogens with one attached hydrogen (secondary N) is 3. The number of benzene rings is 2. The van der Waals surface area contributed by atoms with E-state index in [0.29, 0.717) is 43.5 Å². The van der Waals surface area contributed by atoms with Crippen molar-refractivity contribution < 1.29 is 33.6 Å². The highest BCUT2D eigenvalue weighted by Gasteiger charge is 2.76. The summed E-state index contributed by atoms with van der Waals surface area (Å²) in [5.74, 6) is 1.77. The number of carbonyl (C=O) groups excluding carboxylic acids is 3. The molecular formula is C35H45N3O7. The lowest BCUT2D eigenvalue weighted by Crippen LogP contribution is -2.76. The first-order valence-corrected chi connectivity index (χ1v) is 16.3. The van der Waals surface area contributed by atoms with E-state index in [2.05, 4.69) is 16.0 Å². The van der Waals surface area contributed by atoms with E-state index in [0.717, 1.165) is 35.1 Å². The molecule has 3 N–H and O–H groups in total. The van der Waals surface area contributed by atoms with Crippen LogP contribution in [0.15, 0.2) is 48.5 Å². The molecule has 4 saturated carbocycles. The minimum absolute atomic E-state index is 0.0857. The molecule has 1 aliphatic heterocycles. The van der Waals surface area contributed by atoms with E-state index in [9.17, 15) is 14.4 Å². The van der Waals surface area contributed by atoms with Crippen molar-refractivity contribution in [3.05, 3.63) is 59.7 Å². The first-order chi connectivity index (χ1) is 21.7. The molecule has 1 heterocycles. The fourth-order valence-electron chi connectivity index (χ4n) is 8.46. The van der Waals surface area contributed by atoms with Gasteiger partial charge in [-0.2, -0.15) is 4.89 Å². The summed E-state index contributed by atoms with van der Waals surface area (Å²) >= 11 is 0.